The van der Waals surface area contributed by atoms with Crippen molar-refractivity contribution in [2.24, 2.45) is 0 Å². The van der Waals surface area contributed by atoms with Crippen LogP contribution in [0.15, 0.2) is 37.4 Å². The van der Waals surface area contributed by atoms with Gasteiger partial charge in [-0.15, -0.1) is 13.2 Å². The predicted octanol–water partition coefficient (Wildman–Crippen LogP) is 2.30. The van der Waals surface area contributed by atoms with E-state index in [9.17, 15) is 4.79 Å². The quantitative estimate of drug-likeness (QED) is 0.612. The average molecular weight is 208 g/mol. The average Bonchev–Trinajstić information content (AvgIpc) is 2.29. The number of carbonyl (C=O) groups is 1. The van der Waals surface area contributed by atoms with E-state index >= 15 is 0 Å². The Morgan fingerprint density at radius 1 is 1.47 bits per heavy atom. The van der Waals surface area contributed by atoms with Gasteiger partial charge in [-0.2, -0.15) is 0 Å². The number of hydrogen-bond donors (Lipinski definition) is 1. The van der Waals surface area contributed by atoms with Crippen molar-refractivity contribution in [1.29, 1.82) is 0 Å². The second-order valence-corrected chi connectivity index (χ2v) is 2.75. The fourth-order valence-corrected chi connectivity index (χ4v) is 1.06. The standard InChI is InChI=1S/C10H12O3.C2H4/c1-13-10(12)6-5-8-3-2-4-9(11)7-8;1-2/h2-4,7,11H,5-6H2,1H3;1-2H2. The van der Waals surface area contributed by atoms with E-state index in [0.29, 0.717) is 12.8 Å². The predicted molar refractivity (Wildman–Crippen MR) is 59.7 cm³/mol. The Kier molecular flexibility index (Phi) is 6.72. The number of phenols is 1. The molecule has 0 aliphatic heterocycles. The highest BCUT2D eigenvalue weighted by Crippen LogP contribution is 2.12. The molecule has 0 saturated heterocycles. The maximum atomic E-state index is 10.8. The Labute approximate surface area is 90.0 Å². The molecule has 1 rings (SSSR count). The van der Waals surface area contributed by atoms with Crippen LogP contribution in [0.1, 0.15) is 12.0 Å². The molecule has 0 aromatic heterocycles. The molecule has 0 fully saturated rings. The van der Waals surface area contributed by atoms with Crippen LogP contribution in [-0.2, 0) is 16.0 Å². The first kappa shape index (κ1) is 13.2. The highest BCUT2D eigenvalue weighted by Gasteiger charge is 2.01. The molecule has 0 radical (unpaired) electrons. The third-order valence-electron chi connectivity index (χ3n) is 1.76. The van der Waals surface area contributed by atoms with Crippen LogP contribution >= 0.6 is 0 Å². The molecular formula is C12H16O3. The summed E-state index contributed by atoms with van der Waals surface area (Å²) in [6, 6.07) is 6.86. The third kappa shape index (κ3) is 5.52. The summed E-state index contributed by atoms with van der Waals surface area (Å²) in [6.07, 6.45) is 0.945. The minimum atomic E-state index is -0.233. The number of hydrogen-bond acceptors (Lipinski definition) is 3. The van der Waals surface area contributed by atoms with E-state index in [1.54, 1.807) is 18.2 Å². The van der Waals surface area contributed by atoms with Gasteiger partial charge >= 0.3 is 5.97 Å². The van der Waals surface area contributed by atoms with Crippen molar-refractivity contribution >= 4 is 5.97 Å². The van der Waals surface area contributed by atoms with Gasteiger partial charge < -0.3 is 9.84 Å². The number of esters is 1. The SMILES string of the molecule is C=C.COC(=O)CCc1cccc(O)c1. The zero-order valence-corrected chi connectivity index (χ0v) is 8.90. The van der Waals surface area contributed by atoms with E-state index in [-0.39, 0.29) is 11.7 Å². The summed E-state index contributed by atoms with van der Waals surface area (Å²) in [6.45, 7) is 6.00. The first-order chi connectivity index (χ1) is 7.22. The fraction of sp³-hybridized carbons (Fsp3) is 0.250. The van der Waals surface area contributed by atoms with E-state index in [1.807, 2.05) is 6.07 Å². The normalized spacial score (nSPS) is 8.60. The molecule has 0 spiro atoms. The smallest absolute Gasteiger partial charge is 0.305 e. The Balaban J connectivity index is 0.000000921. The van der Waals surface area contributed by atoms with Crippen molar-refractivity contribution in [2.45, 2.75) is 12.8 Å². The molecule has 0 unspecified atom stereocenters. The highest BCUT2D eigenvalue weighted by atomic mass is 16.5. The molecule has 0 saturated carbocycles. The minimum Gasteiger partial charge on any atom is -0.508 e. The molecule has 82 valence electrons. The van der Waals surface area contributed by atoms with Gasteiger partial charge in [0.25, 0.3) is 0 Å². The molecular weight excluding hydrogens is 192 g/mol. The lowest BCUT2D eigenvalue weighted by Crippen LogP contribution is -2.01. The number of aryl methyl sites for hydroxylation is 1. The van der Waals surface area contributed by atoms with Crippen molar-refractivity contribution in [3.05, 3.63) is 43.0 Å². The van der Waals surface area contributed by atoms with Gasteiger partial charge in [0.15, 0.2) is 0 Å². The molecule has 0 amide bonds. The molecule has 3 nitrogen and oxygen atoms in total. The number of carbonyl (C=O) groups excluding carboxylic acids is 1. The monoisotopic (exact) mass is 208 g/mol. The second-order valence-electron chi connectivity index (χ2n) is 2.75. The summed E-state index contributed by atoms with van der Waals surface area (Å²) in [5.41, 5.74) is 0.936. The summed E-state index contributed by atoms with van der Waals surface area (Å²) in [5, 5.41) is 9.12. The van der Waals surface area contributed by atoms with Crippen LogP contribution in [0.25, 0.3) is 0 Å². The topological polar surface area (TPSA) is 46.5 Å². The van der Waals surface area contributed by atoms with Gasteiger partial charge in [-0.3, -0.25) is 4.79 Å². The molecule has 15 heavy (non-hydrogen) atoms. The molecule has 0 bridgehead atoms. The molecule has 1 N–H and O–H groups in total. The largest absolute Gasteiger partial charge is 0.508 e. The lowest BCUT2D eigenvalue weighted by molar-refractivity contribution is -0.140. The molecule has 1 aromatic carbocycles. The van der Waals surface area contributed by atoms with Gasteiger partial charge in [0.1, 0.15) is 5.75 Å². The van der Waals surface area contributed by atoms with Crippen molar-refractivity contribution in [2.75, 3.05) is 7.11 Å². The third-order valence-corrected chi connectivity index (χ3v) is 1.76. The fourth-order valence-electron chi connectivity index (χ4n) is 1.06. The zero-order chi connectivity index (χ0) is 11.7. The second kappa shape index (κ2) is 7.62. The van der Waals surface area contributed by atoms with Crippen LogP contribution in [0, 0.1) is 0 Å². The van der Waals surface area contributed by atoms with Crippen LogP contribution in [0.2, 0.25) is 0 Å². The van der Waals surface area contributed by atoms with Crippen LogP contribution in [0.3, 0.4) is 0 Å². The Hall–Kier alpha value is -1.77. The lowest BCUT2D eigenvalue weighted by Gasteiger charge is -2.00. The highest BCUT2D eigenvalue weighted by molar-refractivity contribution is 5.69. The van der Waals surface area contributed by atoms with Crippen LogP contribution in [0.5, 0.6) is 5.75 Å². The van der Waals surface area contributed by atoms with Gasteiger partial charge in [-0.05, 0) is 24.1 Å². The molecule has 1 aromatic rings. The van der Waals surface area contributed by atoms with E-state index in [4.69, 9.17) is 5.11 Å². The van der Waals surface area contributed by atoms with Crippen LogP contribution < -0.4 is 0 Å². The Morgan fingerprint density at radius 3 is 2.67 bits per heavy atom. The van der Waals surface area contributed by atoms with E-state index in [2.05, 4.69) is 17.9 Å². The summed E-state index contributed by atoms with van der Waals surface area (Å²) in [5.74, 6) is -0.00860. The summed E-state index contributed by atoms with van der Waals surface area (Å²) in [7, 11) is 1.37. The zero-order valence-electron chi connectivity index (χ0n) is 8.90. The number of methoxy groups -OCH3 is 1. The number of benzene rings is 1. The Morgan fingerprint density at radius 2 is 2.13 bits per heavy atom. The molecule has 0 atom stereocenters. The van der Waals surface area contributed by atoms with Crippen LogP contribution in [-0.4, -0.2) is 18.2 Å². The molecule has 0 heterocycles. The first-order valence-corrected chi connectivity index (χ1v) is 4.57. The first-order valence-electron chi connectivity index (χ1n) is 4.57. The summed E-state index contributed by atoms with van der Waals surface area (Å²) >= 11 is 0. The number of ether oxygens (including phenoxy) is 1. The van der Waals surface area contributed by atoms with Gasteiger partial charge in [-0.25, -0.2) is 0 Å². The molecule has 0 aliphatic carbocycles. The minimum absolute atomic E-state index is 0.224. The van der Waals surface area contributed by atoms with E-state index < -0.39 is 0 Å². The van der Waals surface area contributed by atoms with E-state index in [0.717, 1.165) is 5.56 Å². The van der Waals surface area contributed by atoms with Crippen LogP contribution in [0.4, 0.5) is 0 Å². The van der Waals surface area contributed by atoms with Gasteiger partial charge in [-0.1, -0.05) is 12.1 Å². The Bertz CT molecular complexity index is 307. The molecule has 0 aliphatic rings. The van der Waals surface area contributed by atoms with Crippen molar-refractivity contribution in [1.82, 2.24) is 0 Å². The maximum absolute atomic E-state index is 10.8. The summed E-state index contributed by atoms with van der Waals surface area (Å²) in [4.78, 5) is 10.8. The van der Waals surface area contributed by atoms with Gasteiger partial charge in [0, 0.05) is 6.42 Å². The summed E-state index contributed by atoms with van der Waals surface area (Å²) < 4.78 is 4.50. The van der Waals surface area contributed by atoms with Crippen molar-refractivity contribution < 1.29 is 14.6 Å². The molecule has 3 heteroatoms. The number of rotatable bonds is 3. The van der Waals surface area contributed by atoms with Crippen molar-refractivity contribution in [3.63, 3.8) is 0 Å². The lowest BCUT2D eigenvalue weighted by atomic mass is 10.1. The van der Waals surface area contributed by atoms with E-state index in [1.165, 1.54) is 7.11 Å². The number of aromatic hydroxyl groups is 1. The van der Waals surface area contributed by atoms with Gasteiger partial charge in [0.05, 0.1) is 7.11 Å². The van der Waals surface area contributed by atoms with Crippen molar-refractivity contribution in [3.8, 4) is 5.75 Å². The maximum Gasteiger partial charge on any atom is 0.305 e. The van der Waals surface area contributed by atoms with Gasteiger partial charge in [0.2, 0.25) is 0 Å². The number of phenolic OH excluding ortho intramolecular Hbond substituents is 1.